The van der Waals surface area contributed by atoms with E-state index in [2.05, 4.69) is 5.32 Å². The Bertz CT molecular complexity index is 572. The number of halogens is 1. The van der Waals surface area contributed by atoms with E-state index >= 15 is 0 Å². The molecule has 0 saturated heterocycles. The van der Waals surface area contributed by atoms with Crippen molar-refractivity contribution in [1.29, 1.82) is 0 Å². The van der Waals surface area contributed by atoms with Gasteiger partial charge in [-0.2, -0.15) is 0 Å². The van der Waals surface area contributed by atoms with Crippen molar-refractivity contribution < 1.29 is 14.6 Å². The standard InChI is InChI=1S/C15H16FNO2/c1-10(13-7-6-12(16)8-15(13)19)17-9-11-4-2-3-5-14(11)18/h2-8,10,17-19H,9H2,1H3. The van der Waals surface area contributed by atoms with Gasteiger partial charge in [0.05, 0.1) is 0 Å². The molecular weight excluding hydrogens is 245 g/mol. The quantitative estimate of drug-likeness (QED) is 0.792. The van der Waals surface area contributed by atoms with Crippen molar-refractivity contribution in [2.24, 2.45) is 0 Å². The second-order valence-electron chi connectivity index (χ2n) is 4.43. The van der Waals surface area contributed by atoms with E-state index in [0.717, 1.165) is 11.6 Å². The summed E-state index contributed by atoms with van der Waals surface area (Å²) in [6, 6.07) is 10.8. The highest BCUT2D eigenvalue weighted by Crippen LogP contribution is 2.25. The molecule has 0 amide bonds. The summed E-state index contributed by atoms with van der Waals surface area (Å²) in [7, 11) is 0. The van der Waals surface area contributed by atoms with Gasteiger partial charge in [0, 0.05) is 29.8 Å². The smallest absolute Gasteiger partial charge is 0.126 e. The van der Waals surface area contributed by atoms with Gasteiger partial charge >= 0.3 is 0 Å². The SMILES string of the molecule is CC(NCc1ccccc1O)c1ccc(F)cc1O. The van der Waals surface area contributed by atoms with E-state index in [4.69, 9.17) is 0 Å². The Kier molecular flexibility index (Phi) is 4.02. The highest BCUT2D eigenvalue weighted by molar-refractivity contribution is 5.35. The summed E-state index contributed by atoms with van der Waals surface area (Å²) in [6.07, 6.45) is 0. The zero-order valence-electron chi connectivity index (χ0n) is 10.6. The Morgan fingerprint density at radius 2 is 1.84 bits per heavy atom. The molecule has 0 heterocycles. The molecule has 0 aliphatic rings. The summed E-state index contributed by atoms with van der Waals surface area (Å²) in [4.78, 5) is 0. The van der Waals surface area contributed by atoms with Gasteiger partial charge in [-0.3, -0.25) is 0 Å². The van der Waals surface area contributed by atoms with Gasteiger partial charge in [-0.15, -0.1) is 0 Å². The predicted octanol–water partition coefficient (Wildman–Crippen LogP) is 3.09. The van der Waals surface area contributed by atoms with Crippen molar-refractivity contribution in [2.45, 2.75) is 19.5 Å². The lowest BCUT2D eigenvalue weighted by Gasteiger charge is -2.16. The van der Waals surface area contributed by atoms with Crippen LogP contribution in [0.25, 0.3) is 0 Å². The third-order valence-electron chi connectivity index (χ3n) is 3.05. The lowest BCUT2D eigenvalue weighted by molar-refractivity contribution is 0.441. The van der Waals surface area contributed by atoms with E-state index in [-0.39, 0.29) is 17.5 Å². The Morgan fingerprint density at radius 1 is 1.11 bits per heavy atom. The van der Waals surface area contributed by atoms with Gasteiger partial charge in [0.15, 0.2) is 0 Å². The topological polar surface area (TPSA) is 52.5 Å². The van der Waals surface area contributed by atoms with Crippen LogP contribution in [0.3, 0.4) is 0 Å². The Labute approximate surface area is 111 Å². The predicted molar refractivity (Wildman–Crippen MR) is 71.4 cm³/mol. The number of phenols is 2. The molecule has 1 unspecified atom stereocenters. The van der Waals surface area contributed by atoms with Crippen molar-refractivity contribution in [2.75, 3.05) is 0 Å². The van der Waals surface area contributed by atoms with Gasteiger partial charge in [0.1, 0.15) is 17.3 Å². The van der Waals surface area contributed by atoms with E-state index in [1.165, 1.54) is 6.07 Å². The van der Waals surface area contributed by atoms with Crippen LogP contribution in [0.2, 0.25) is 0 Å². The first-order valence-corrected chi connectivity index (χ1v) is 6.06. The number of benzene rings is 2. The fourth-order valence-electron chi connectivity index (χ4n) is 1.92. The summed E-state index contributed by atoms with van der Waals surface area (Å²) in [6.45, 7) is 2.33. The monoisotopic (exact) mass is 261 g/mol. The van der Waals surface area contributed by atoms with Crippen LogP contribution in [0.15, 0.2) is 42.5 Å². The fraction of sp³-hybridized carbons (Fsp3) is 0.200. The zero-order chi connectivity index (χ0) is 13.8. The number of para-hydroxylation sites is 1. The normalized spacial score (nSPS) is 12.3. The summed E-state index contributed by atoms with van der Waals surface area (Å²) in [5, 5.41) is 22.5. The molecule has 2 aromatic carbocycles. The van der Waals surface area contributed by atoms with Crippen LogP contribution in [0, 0.1) is 5.82 Å². The molecular formula is C15H16FNO2. The average Bonchev–Trinajstić information content (AvgIpc) is 2.37. The lowest BCUT2D eigenvalue weighted by Crippen LogP contribution is -2.18. The Balaban J connectivity index is 2.05. The van der Waals surface area contributed by atoms with Gasteiger partial charge in [-0.05, 0) is 19.1 Å². The maximum atomic E-state index is 12.9. The minimum Gasteiger partial charge on any atom is -0.508 e. The van der Waals surface area contributed by atoms with Crippen LogP contribution in [0.1, 0.15) is 24.1 Å². The van der Waals surface area contributed by atoms with E-state index < -0.39 is 5.82 Å². The third kappa shape index (κ3) is 3.23. The van der Waals surface area contributed by atoms with Crippen LogP contribution < -0.4 is 5.32 Å². The Morgan fingerprint density at radius 3 is 2.53 bits per heavy atom. The molecule has 2 aromatic rings. The minimum atomic E-state index is -0.464. The van der Waals surface area contributed by atoms with Crippen molar-refractivity contribution >= 4 is 0 Å². The van der Waals surface area contributed by atoms with Crippen molar-refractivity contribution in [3.63, 3.8) is 0 Å². The molecule has 0 aromatic heterocycles. The van der Waals surface area contributed by atoms with Gasteiger partial charge in [-0.25, -0.2) is 4.39 Å². The maximum absolute atomic E-state index is 12.9. The number of hydrogen-bond acceptors (Lipinski definition) is 3. The van der Waals surface area contributed by atoms with E-state index in [1.54, 1.807) is 18.2 Å². The summed E-state index contributed by atoms with van der Waals surface area (Å²) in [5.74, 6) is -0.308. The molecule has 19 heavy (non-hydrogen) atoms. The number of nitrogens with one attached hydrogen (secondary N) is 1. The van der Waals surface area contributed by atoms with Gasteiger partial charge in [0.2, 0.25) is 0 Å². The Hall–Kier alpha value is -2.07. The van der Waals surface area contributed by atoms with Gasteiger partial charge in [0.25, 0.3) is 0 Å². The molecule has 3 N–H and O–H groups in total. The van der Waals surface area contributed by atoms with Crippen molar-refractivity contribution in [3.05, 3.63) is 59.4 Å². The number of rotatable bonds is 4. The fourth-order valence-corrected chi connectivity index (χ4v) is 1.92. The summed E-state index contributed by atoms with van der Waals surface area (Å²) in [5.41, 5.74) is 1.40. The molecule has 1 atom stereocenters. The molecule has 0 aliphatic carbocycles. The number of aromatic hydroxyl groups is 2. The van der Waals surface area contributed by atoms with Crippen molar-refractivity contribution in [1.82, 2.24) is 5.32 Å². The van der Waals surface area contributed by atoms with E-state index in [9.17, 15) is 14.6 Å². The highest BCUT2D eigenvalue weighted by atomic mass is 19.1. The highest BCUT2D eigenvalue weighted by Gasteiger charge is 2.11. The van der Waals surface area contributed by atoms with E-state index in [0.29, 0.717) is 12.1 Å². The first-order chi connectivity index (χ1) is 9.08. The molecule has 0 radical (unpaired) electrons. The molecule has 0 bridgehead atoms. The van der Waals surface area contributed by atoms with Crippen LogP contribution in [-0.2, 0) is 6.54 Å². The molecule has 3 nitrogen and oxygen atoms in total. The number of hydrogen-bond donors (Lipinski definition) is 3. The third-order valence-corrected chi connectivity index (χ3v) is 3.05. The first-order valence-electron chi connectivity index (χ1n) is 6.06. The summed E-state index contributed by atoms with van der Waals surface area (Å²) >= 11 is 0. The second-order valence-corrected chi connectivity index (χ2v) is 4.43. The lowest BCUT2D eigenvalue weighted by atomic mass is 10.1. The summed E-state index contributed by atoms with van der Waals surface area (Å²) < 4.78 is 12.9. The van der Waals surface area contributed by atoms with Crippen LogP contribution in [0.5, 0.6) is 11.5 Å². The van der Waals surface area contributed by atoms with Gasteiger partial charge in [-0.1, -0.05) is 24.3 Å². The minimum absolute atomic E-state index is 0.0720. The van der Waals surface area contributed by atoms with Crippen LogP contribution in [-0.4, -0.2) is 10.2 Å². The van der Waals surface area contributed by atoms with E-state index in [1.807, 2.05) is 19.1 Å². The number of phenolic OH excluding ortho intramolecular Hbond substituents is 2. The molecule has 4 heteroatoms. The molecule has 0 fully saturated rings. The molecule has 0 spiro atoms. The molecule has 2 rings (SSSR count). The van der Waals surface area contributed by atoms with Crippen LogP contribution in [0.4, 0.5) is 4.39 Å². The van der Waals surface area contributed by atoms with Gasteiger partial charge < -0.3 is 15.5 Å². The first kappa shape index (κ1) is 13.4. The van der Waals surface area contributed by atoms with Crippen LogP contribution >= 0.6 is 0 Å². The molecule has 100 valence electrons. The molecule has 0 aliphatic heterocycles. The second kappa shape index (κ2) is 5.71. The zero-order valence-corrected chi connectivity index (χ0v) is 10.6. The average molecular weight is 261 g/mol. The van der Waals surface area contributed by atoms with Crippen molar-refractivity contribution in [3.8, 4) is 11.5 Å². The largest absolute Gasteiger partial charge is 0.508 e. The maximum Gasteiger partial charge on any atom is 0.126 e. The molecule has 0 saturated carbocycles.